The lowest BCUT2D eigenvalue weighted by Crippen LogP contribution is -2.24. The Morgan fingerprint density at radius 3 is 2.76 bits per heavy atom. The predicted molar refractivity (Wildman–Crippen MR) is 68.5 cm³/mol. The summed E-state index contributed by atoms with van der Waals surface area (Å²) < 4.78 is 6.97. The van der Waals surface area contributed by atoms with Crippen LogP contribution in [0.1, 0.15) is 5.69 Å². The Kier molecular flexibility index (Phi) is 3.45. The van der Waals surface area contributed by atoms with Gasteiger partial charge < -0.3 is 4.74 Å². The van der Waals surface area contributed by atoms with E-state index in [9.17, 15) is 0 Å². The average molecular weight is 229 g/mol. The first-order valence-electron chi connectivity index (χ1n) is 5.33. The molecule has 0 radical (unpaired) electrons. The molecule has 0 bridgehead atoms. The van der Waals surface area contributed by atoms with E-state index in [0.717, 1.165) is 11.4 Å². The van der Waals surface area contributed by atoms with E-state index in [1.807, 2.05) is 53.3 Å². The van der Waals surface area contributed by atoms with Gasteiger partial charge in [0.05, 0.1) is 24.8 Å². The molecule has 0 aromatic carbocycles. The van der Waals surface area contributed by atoms with Gasteiger partial charge in [-0.25, -0.2) is 0 Å². The molecule has 2 aromatic rings. The zero-order valence-electron chi connectivity index (χ0n) is 9.95. The van der Waals surface area contributed by atoms with Gasteiger partial charge in [0.25, 0.3) is 0 Å². The summed E-state index contributed by atoms with van der Waals surface area (Å²) in [4.78, 5) is 4.01. The molecule has 0 saturated heterocycles. The molecule has 2 rings (SSSR count). The van der Waals surface area contributed by atoms with Crippen LogP contribution in [-0.4, -0.2) is 23.8 Å². The van der Waals surface area contributed by atoms with Crippen LogP contribution in [0.3, 0.4) is 0 Å². The number of pyridine rings is 1. The molecule has 0 saturated carbocycles. The smallest absolute Gasteiger partial charge is 0.0846 e. The second-order valence-electron chi connectivity index (χ2n) is 3.55. The molecule has 4 nitrogen and oxygen atoms in total. The zero-order chi connectivity index (χ0) is 12.1. The normalized spacial score (nSPS) is 10.7. The van der Waals surface area contributed by atoms with E-state index in [4.69, 9.17) is 4.74 Å². The Bertz CT molecular complexity index is 490. The van der Waals surface area contributed by atoms with Gasteiger partial charge in [-0.15, -0.1) is 0 Å². The molecular weight excluding hydrogens is 214 g/mol. The van der Waals surface area contributed by atoms with Gasteiger partial charge in [0, 0.05) is 25.6 Å². The van der Waals surface area contributed by atoms with Crippen molar-refractivity contribution < 1.29 is 4.74 Å². The third kappa shape index (κ3) is 2.47. The Morgan fingerprint density at radius 1 is 1.29 bits per heavy atom. The summed E-state index contributed by atoms with van der Waals surface area (Å²) in [7, 11) is 3.63. The van der Waals surface area contributed by atoms with Gasteiger partial charge >= 0.3 is 0 Å². The van der Waals surface area contributed by atoms with Crippen molar-refractivity contribution in [3.63, 3.8) is 0 Å². The molecule has 0 spiro atoms. The summed E-state index contributed by atoms with van der Waals surface area (Å²) in [6, 6.07) is 7.94. The maximum atomic E-state index is 4.93. The third-order valence-corrected chi connectivity index (χ3v) is 2.49. The average Bonchev–Trinajstić information content (AvgIpc) is 2.84. The molecule has 0 fully saturated rings. The fourth-order valence-electron chi connectivity index (χ4n) is 1.61. The van der Waals surface area contributed by atoms with Gasteiger partial charge in [-0.05, 0) is 30.3 Å². The minimum atomic E-state index is 1.05. The molecule has 2 heterocycles. The molecule has 0 aliphatic rings. The molecule has 0 aliphatic carbocycles. The minimum absolute atomic E-state index is 1.05. The van der Waals surface area contributed by atoms with Crippen LogP contribution in [0.2, 0.25) is 0 Å². The van der Waals surface area contributed by atoms with E-state index in [2.05, 4.69) is 4.98 Å². The van der Waals surface area contributed by atoms with Gasteiger partial charge in [0.15, 0.2) is 0 Å². The van der Waals surface area contributed by atoms with Crippen molar-refractivity contribution in [3.8, 4) is 0 Å². The second-order valence-corrected chi connectivity index (χ2v) is 3.55. The van der Waals surface area contributed by atoms with Crippen molar-refractivity contribution >= 4 is 11.8 Å². The number of aromatic nitrogens is 2. The number of rotatable bonds is 4. The van der Waals surface area contributed by atoms with E-state index in [0.29, 0.717) is 0 Å². The van der Waals surface area contributed by atoms with Crippen LogP contribution in [-0.2, 0) is 4.74 Å². The molecule has 4 heteroatoms. The first kappa shape index (κ1) is 11.3. The van der Waals surface area contributed by atoms with Gasteiger partial charge in [0.2, 0.25) is 0 Å². The Labute approximate surface area is 101 Å². The van der Waals surface area contributed by atoms with Gasteiger partial charge in [-0.2, -0.15) is 0 Å². The van der Waals surface area contributed by atoms with Gasteiger partial charge in [-0.3, -0.25) is 14.7 Å². The lowest BCUT2D eigenvalue weighted by atomic mass is 10.4. The molecular formula is C13H15N3O. The standard InChI is InChI=1S/C13H15N3O/c1-15(12-5-8-14-9-6-12)16-10-3-4-13(16)7-11-17-2/h3-11H,1-2H3/b11-7+. The van der Waals surface area contributed by atoms with Crippen molar-refractivity contribution in [1.29, 1.82) is 0 Å². The monoisotopic (exact) mass is 229 g/mol. The molecule has 0 atom stereocenters. The molecule has 0 unspecified atom stereocenters. The van der Waals surface area contributed by atoms with Crippen molar-refractivity contribution in [2.24, 2.45) is 0 Å². The topological polar surface area (TPSA) is 30.3 Å². The summed E-state index contributed by atoms with van der Waals surface area (Å²) >= 11 is 0. The van der Waals surface area contributed by atoms with Crippen LogP contribution in [0, 0.1) is 0 Å². The number of methoxy groups -OCH3 is 1. The molecule has 2 aromatic heterocycles. The maximum absolute atomic E-state index is 4.93. The molecule has 17 heavy (non-hydrogen) atoms. The first-order valence-corrected chi connectivity index (χ1v) is 5.33. The van der Waals surface area contributed by atoms with Gasteiger partial charge in [0.1, 0.15) is 0 Å². The van der Waals surface area contributed by atoms with Crippen LogP contribution in [0.4, 0.5) is 5.69 Å². The Balaban J connectivity index is 2.28. The molecule has 0 amide bonds. The van der Waals surface area contributed by atoms with Crippen LogP contribution >= 0.6 is 0 Å². The summed E-state index contributed by atoms with van der Waals surface area (Å²) in [5.74, 6) is 0. The predicted octanol–water partition coefficient (Wildman–Crippen LogP) is 2.40. The van der Waals surface area contributed by atoms with Crippen LogP contribution < -0.4 is 5.01 Å². The summed E-state index contributed by atoms with van der Waals surface area (Å²) in [6.07, 6.45) is 9.12. The number of ether oxygens (including phenoxy) is 1. The van der Waals surface area contributed by atoms with E-state index in [1.54, 1.807) is 25.8 Å². The van der Waals surface area contributed by atoms with Crippen LogP contribution in [0.15, 0.2) is 49.1 Å². The lowest BCUT2D eigenvalue weighted by Gasteiger charge is -2.22. The summed E-state index contributed by atoms with van der Waals surface area (Å²) in [5, 5.41) is 2.04. The van der Waals surface area contributed by atoms with Crippen LogP contribution in [0.25, 0.3) is 6.08 Å². The lowest BCUT2D eigenvalue weighted by molar-refractivity contribution is 0.341. The van der Waals surface area contributed by atoms with E-state index in [1.165, 1.54) is 0 Å². The first-order chi connectivity index (χ1) is 8.33. The van der Waals surface area contributed by atoms with Crippen LogP contribution in [0.5, 0.6) is 0 Å². The highest BCUT2D eigenvalue weighted by atomic mass is 16.5. The van der Waals surface area contributed by atoms with Gasteiger partial charge in [-0.1, -0.05) is 0 Å². The number of nitrogens with zero attached hydrogens (tertiary/aromatic N) is 3. The zero-order valence-corrected chi connectivity index (χ0v) is 9.95. The maximum Gasteiger partial charge on any atom is 0.0846 e. The molecule has 0 N–H and O–H groups in total. The summed E-state index contributed by atoms with van der Waals surface area (Å²) in [6.45, 7) is 0. The van der Waals surface area contributed by atoms with Crippen molar-refractivity contribution in [1.82, 2.24) is 9.66 Å². The fourth-order valence-corrected chi connectivity index (χ4v) is 1.61. The SMILES string of the molecule is CO/C=C/c1cccn1N(C)c1ccncc1. The summed E-state index contributed by atoms with van der Waals surface area (Å²) in [5.41, 5.74) is 2.12. The quantitative estimate of drug-likeness (QED) is 0.754. The third-order valence-electron chi connectivity index (χ3n) is 2.49. The minimum Gasteiger partial charge on any atom is -0.504 e. The molecule has 0 aliphatic heterocycles. The highest BCUT2D eigenvalue weighted by molar-refractivity contribution is 5.49. The Hall–Kier alpha value is -2.23. The number of hydrogen-bond donors (Lipinski definition) is 0. The van der Waals surface area contributed by atoms with Crippen molar-refractivity contribution in [2.45, 2.75) is 0 Å². The largest absolute Gasteiger partial charge is 0.504 e. The Morgan fingerprint density at radius 2 is 2.06 bits per heavy atom. The van der Waals surface area contributed by atoms with E-state index >= 15 is 0 Å². The molecule has 88 valence electrons. The second kappa shape index (κ2) is 5.21. The van der Waals surface area contributed by atoms with Crippen molar-refractivity contribution in [2.75, 3.05) is 19.2 Å². The van der Waals surface area contributed by atoms with E-state index < -0.39 is 0 Å². The number of hydrogen-bond acceptors (Lipinski definition) is 3. The fraction of sp³-hybridized carbons (Fsp3) is 0.154. The highest BCUT2D eigenvalue weighted by Gasteiger charge is 2.04. The highest BCUT2D eigenvalue weighted by Crippen LogP contribution is 2.14. The van der Waals surface area contributed by atoms with E-state index in [-0.39, 0.29) is 0 Å². The number of anilines is 1. The van der Waals surface area contributed by atoms with Crippen molar-refractivity contribution in [3.05, 3.63) is 54.8 Å².